The van der Waals surface area contributed by atoms with E-state index in [-0.39, 0.29) is 31.4 Å². The van der Waals surface area contributed by atoms with Gasteiger partial charge in [0.05, 0.1) is 18.8 Å². The van der Waals surface area contributed by atoms with Crippen molar-refractivity contribution >= 4 is 29.4 Å². The molecule has 2 rings (SSSR count). The minimum atomic E-state index is -0.809. The van der Waals surface area contributed by atoms with E-state index in [4.69, 9.17) is 0 Å². The first kappa shape index (κ1) is 22.8. The van der Waals surface area contributed by atoms with Gasteiger partial charge in [-0.25, -0.2) is 4.79 Å². The molecule has 158 valence electrons. The number of para-hydroxylation sites is 1. The van der Waals surface area contributed by atoms with Gasteiger partial charge < -0.3 is 15.0 Å². The molecule has 1 atom stereocenters. The maximum atomic E-state index is 12.8. The molecule has 3 amide bonds. The van der Waals surface area contributed by atoms with Crippen LogP contribution in [0.1, 0.15) is 29.8 Å². The molecule has 0 radical (unpaired) electrons. The number of quaternary nitrogens is 1. The number of likely N-dealkylation sites (N-methyl/N-ethyl adjacent to an activating group) is 1. The highest BCUT2D eigenvalue weighted by molar-refractivity contribution is 6.13. The second-order valence-corrected chi connectivity index (χ2v) is 6.51. The zero-order chi connectivity index (χ0) is 21.9. The highest BCUT2D eigenvalue weighted by Crippen LogP contribution is 2.19. The van der Waals surface area contributed by atoms with Gasteiger partial charge in [-0.15, -0.1) is 0 Å². The number of ether oxygens (including phenoxy) is 1. The van der Waals surface area contributed by atoms with Crippen molar-refractivity contribution in [3.63, 3.8) is 0 Å². The van der Waals surface area contributed by atoms with E-state index in [0.717, 1.165) is 0 Å². The number of carbonyl (C=O) groups is 4. The number of amides is 3. The molecule has 2 aromatic rings. The van der Waals surface area contributed by atoms with Crippen LogP contribution < -0.4 is 15.5 Å². The number of imide groups is 1. The number of carbonyl (C=O) groups excluding carboxylic acids is 4. The van der Waals surface area contributed by atoms with Gasteiger partial charge in [-0.2, -0.15) is 0 Å². The number of rotatable bonds is 9. The molecule has 0 bridgehead atoms. The van der Waals surface area contributed by atoms with Crippen molar-refractivity contribution in [3.05, 3.63) is 65.7 Å². The van der Waals surface area contributed by atoms with Gasteiger partial charge in [-0.1, -0.05) is 42.5 Å². The summed E-state index contributed by atoms with van der Waals surface area (Å²) in [6.45, 7) is 4.06. The lowest BCUT2D eigenvalue weighted by atomic mass is 10.0. The molecule has 1 unspecified atom stereocenters. The van der Waals surface area contributed by atoms with Gasteiger partial charge in [0, 0.05) is 11.1 Å². The van der Waals surface area contributed by atoms with E-state index in [1.54, 1.807) is 55.5 Å². The summed E-state index contributed by atoms with van der Waals surface area (Å²) in [6, 6.07) is 15.6. The summed E-state index contributed by atoms with van der Waals surface area (Å²) in [7, 11) is 0. The maximum Gasteiger partial charge on any atom is 0.414 e. The molecule has 8 heteroatoms. The average molecular weight is 412 g/mol. The third-order valence-corrected chi connectivity index (χ3v) is 4.32. The molecular formula is C22H26N3O5+. The summed E-state index contributed by atoms with van der Waals surface area (Å²) < 4.78 is 4.67. The zero-order valence-corrected chi connectivity index (χ0v) is 17.1. The molecule has 0 aromatic heterocycles. The Morgan fingerprint density at radius 2 is 1.50 bits per heavy atom. The van der Waals surface area contributed by atoms with Gasteiger partial charge in [0.15, 0.2) is 18.9 Å². The Hall–Kier alpha value is -3.52. The lowest BCUT2D eigenvalue weighted by Gasteiger charge is -2.17. The number of ketones is 1. The molecule has 0 aliphatic heterocycles. The number of benzene rings is 2. The van der Waals surface area contributed by atoms with Crippen LogP contribution in [0, 0.1) is 0 Å². The van der Waals surface area contributed by atoms with Crippen molar-refractivity contribution in [2.24, 2.45) is 0 Å². The van der Waals surface area contributed by atoms with Crippen LogP contribution in [0.5, 0.6) is 0 Å². The van der Waals surface area contributed by atoms with Gasteiger partial charge in [-0.05, 0) is 26.0 Å². The normalized spacial score (nSPS) is 11.3. The van der Waals surface area contributed by atoms with Crippen molar-refractivity contribution in [3.8, 4) is 0 Å². The first-order chi connectivity index (χ1) is 14.4. The molecule has 0 aliphatic rings. The van der Waals surface area contributed by atoms with Crippen LogP contribution in [-0.4, -0.2) is 49.9 Å². The second kappa shape index (κ2) is 11.5. The Labute approximate surface area is 175 Å². The van der Waals surface area contributed by atoms with E-state index in [1.165, 1.54) is 0 Å². The SMILES string of the molecule is CCOC(=O)NC(=O)C[NH+](CC)CC(=O)Nc1ccccc1C(=O)c1ccccc1. The van der Waals surface area contributed by atoms with Gasteiger partial charge in [0.25, 0.3) is 11.8 Å². The summed E-state index contributed by atoms with van der Waals surface area (Å²) in [5, 5.41) is 4.87. The molecule has 0 saturated carbocycles. The van der Waals surface area contributed by atoms with Crippen molar-refractivity contribution in [1.82, 2.24) is 5.32 Å². The lowest BCUT2D eigenvalue weighted by Crippen LogP contribution is -3.14. The van der Waals surface area contributed by atoms with E-state index in [0.29, 0.717) is 28.3 Å². The number of hydrogen-bond acceptors (Lipinski definition) is 5. The third-order valence-electron chi connectivity index (χ3n) is 4.32. The molecule has 2 aromatic carbocycles. The molecule has 0 fully saturated rings. The van der Waals surface area contributed by atoms with Gasteiger partial charge in [-0.3, -0.25) is 19.7 Å². The van der Waals surface area contributed by atoms with E-state index >= 15 is 0 Å². The molecule has 0 saturated heterocycles. The Bertz CT molecular complexity index is 899. The number of nitrogens with one attached hydrogen (secondary N) is 3. The van der Waals surface area contributed by atoms with Crippen molar-refractivity contribution in [2.45, 2.75) is 13.8 Å². The Morgan fingerprint density at radius 3 is 2.17 bits per heavy atom. The fourth-order valence-corrected chi connectivity index (χ4v) is 2.82. The fraction of sp³-hybridized carbons (Fsp3) is 0.273. The fourth-order valence-electron chi connectivity index (χ4n) is 2.82. The van der Waals surface area contributed by atoms with Crippen molar-refractivity contribution in [2.75, 3.05) is 31.6 Å². The van der Waals surface area contributed by atoms with E-state index < -0.39 is 12.0 Å². The first-order valence-electron chi connectivity index (χ1n) is 9.73. The second-order valence-electron chi connectivity index (χ2n) is 6.51. The lowest BCUT2D eigenvalue weighted by molar-refractivity contribution is -0.881. The summed E-state index contributed by atoms with van der Waals surface area (Å²) in [5.41, 5.74) is 1.31. The highest BCUT2D eigenvalue weighted by Gasteiger charge is 2.20. The Morgan fingerprint density at radius 1 is 0.867 bits per heavy atom. The quantitative estimate of drug-likeness (QED) is 0.534. The van der Waals surface area contributed by atoms with Crippen LogP contribution in [-0.2, 0) is 14.3 Å². The van der Waals surface area contributed by atoms with Crippen LogP contribution in [0.4, 0.5) is 10.5 Å². The molecule has 3 N–H and O–H groups in total. The number of anilines is 1. The van der Waals surface area contributed by atoms with Gasteiger partial charge in [0.1, 0.15) is 0 Å². The van der Waals surface area contributed by atoms with Gasteiger partial charge >= 0.3 is 6.09 Å². The smallest absolute Gasteiger partial charge is 0.414 e. The van der Waals surface area contributed by atoms with E-state index in [2.05, 4.69) is 15.4 Å². The summed E-state index contributed by atoms with van der Waals surface area (Å²) in [6.07, 6.45) is -0.809. The van der Waals surface area contributed by atoms with Crippen LogP contribution >= 0.6 is 0 Å². The number of hydrogen-bond donors (Lipinski definition) is 3. The molecule has 0 spiro atoms. The van der Waals surface area contributed by atoms with Crippen molar-refractivity contribution in [1.29, 1.82) is 0 Å². The predicted molar refractivity (Wildman–Crippen MR) is 111 cm³/mol. The molecule has 8 nitrogen and oxygen atoms in total. The highest BCUT2D eigenvalue weighted by atomic mass is 16.5. The topological polar surface area (TPSA) is 106 Å². The summed E-state index contributed by atoms with van der Waals surface area (Å²) in [5.74, 6) is -1.07. The minimum Gasteiger partial charge on any atom is -0.450 e. The minimum absolute atomic E-state index is 0.000602. The maximum absolute atomic E-state index is 12.8. The molecular weight excluding hydrogens is 386 g/mol. The van der Waals surface area contributed by atoms with Crippen LogP contribution in [0.25, 0.3) is 0 Å². The summed E-state index contributed by atoms with van der Waals surface area (Å²) in [4.78, 5) is 49.2. The van der Waals surface area contributed by atoms with Crippen LogP contribution in [0.2, 0.25) is 0 Å². The summed E-state index contributed by atoms with van der Waals surface area (Å²) >= 11 is 0. The average Bonchev–Trinajstić information content (AvgIpc) is 2.73. The first-order valence-corrected chi connectivity index (χ1v) is 9.73. The monoisotopic (exact) mass is 412 g/mol. The third kappa shape index (κ3) is 6.82. The van der Waals surface area contributed by atoms with Crippen LogP contribution in [0.3, 0.4) is 0 Å². The Balaban J connectivity index is 2.01. The van der Waals surface area contributed by atoms with E-state index in [1.807, 2.05) is 13.0 Å². The largest absolute Gasteiger partial charge is 0.450 e. The number of alkyl carbamates (subject to hydrolysis) is 1. The standard InChI is InChI=1S/C22H25N3O5/c1-3-25(15-20(27)24-22(29)30-4-2)14-19(26)23-18-13-9-8-12-17(18)21(28)16-10-6-5-7-11-16/h5-13H,3-4,14-15H2,1-2H3,(H,23,26)(H,24,27,29)/p+1. The van der Waals surface area contributed by atoms with Crippen molar-refractivity contribution < 1.29 is 28.8 Å². The predicted octanol–water partition coefficient (Wildman–Crippen LogP) is 1.03. The molecule has 0 aliphatic carbocycles. The Kier molecular flexibility index (Phi) is 8.71. The molecule has 0 heterocycles. The molecule has 30 heavy (non-hydrogen) atoms. The zero-order valence-electron chi connectivity index (χ0n) is 17.1. The van der Waals surface area contributed by atoms with E-state index in [9.17, 15) is 19.2 Å². The van der Waals surface area contributed by atoms with Gasteiger partial charge in [0.2, 0.25) is 0 Å². The van der Waals surface area contributed by atoms with Crippen LogP contribution in [0.15, 0.2) is 54.6 Å².